The van der Waals surface area contributed by atoms with E-state index in [2.05, 4.69) is 63.2 Å². The second kappa shape index (κ2) is 6.71. The van der Waals surface area contributed by atoms with Crippen LogP contribution in [-0.4, -0.2) is 22.9 Å². The second-order valence-electron chi connectivity index (χ2n) is 5.75. The third-order valence-electron chi connectivity index (χ3n) is 4.34. The first kappa shape index (κ1) is 16.0. The molecule has 0 amide bonds. The molecule has 23 heavy (non-hydrogen) atoms. The molecule has 3 rings (SSSR count). The molecule has 0 fully saturated rings. The van der Waals surface area contributed by atoms with Gasteiger partial charge in [0.1, 0.15) is 4.47 Å². The van der Waals surface area contributed by atoms with Gasteiger partial charge >= 0.3 is 0 Å². The summed E-state index contributed by atoms with van der Waals surface area (Å²) < 4.78 is 1.92. The van der Waals surface area contributed by atoms with Crippen LogP contribution in [0, 0.1) is 0 Å². The minimum atomic E-state index is -0.104. The van der Waals surface area contributed by atoms with Crippen molar-refractivity contribution in [1.29, 1.82) is 0 Å². The van der Waals surface area contributed by atoms with E-state index in [4.69, 9.17) is 0 Å². The Balaban J connectivity index is 1.80. The predicted octanol–water partition coefficient (Wildman–Crippen LogP) is 3.40. The average Bonchev–Trinajstić information content (AvgIpc) is 2.60. The maximum Gasteiger partial charge on any atom is 0.282 e. The Morgan fingerprint density at radius 3 is 2.61 bits per heavy atom. The van der Waals surface area contributed by atoms with Gasteiger partial charge in [0.2, 0.25) is 0 Å². The molecule has 1 aromatic carbocycles. The van der Waals surface area contributed by atoms with Crippen molar-refractivity contribution in [3.63, 3.8) is 0 Å². The summed E-state index contributed by atoms with van der Waals surface area (Å²) in [5, 5.41) is 4.12. The minimum absolute atomic E-state index is 0.104. The number of hydrogen-bond acceptors (Lipinski definition) is 3. The van der Waals surface area contributed by atoms with Gasteiger partial charge in [-0.05, 0) is 45.5 Å². The summed E-state index contributed by atoms with van der Waals surface area (Å²) >= 11 is 3.41. The van der Waals surface area contributed by atoms with Gasteiger partial charge in [-0.1, -0.05) is 37.3 Å². The summed E-state index contributed by atoms with van der Waals surface area (Å²) in [7, 11) is 1.66. The molecule has 1 aliphatic heterocycles. The topological polar surface area (TPSA) is 38.1 Å². The molecule has 0 aliphatic carbocycles. The maximum atomic E-state index is 12.0. The summed E-state index contributed by atoms with van der Waals surface area (Å²) in [6.45, 7) is 3.84. The number of benzene rings is 1. The molecule has 1 aromatic heterocycles. The Labute approximate surface area is 144 Å². The lowest BCUT2D eigenvalue weighted by molar-refractivity contribution is 0.695. The lowest BCUT2D eigenvalue weighted by atomic mass is 9.98. The summed E-state index contributed by atoms with van der Waals surface area (Å²) in [6.07, 6.45) is 6.03. The highest BCUT2D eigenvalue weighted by atomic mass is 79.9. The highest BCUT2D eigenvalue weighted by Crippen LogP contribution is 2.28. The van der Waals surface area contributed by atoms with Crippen molar-refractivity contribution in [2.45, 2.75) is 19.8 Å². The Morgan fingerprint density at radius 1 is 1.26 bits per heavy atom. The highest BCUT2D eigenvalue weighted by Gasteiger charge is 2.17. The molecule has 0 radical (unpaired) electrons. The van der Waals surface area contributed by atoms with Crippen molar-refractivity contribution < 1.29 is 0 Å². The van der Waals surface area contributed by atoms with Crippen LogP contribution in [0.3, 0.4) is 0 Å². The normalized spacial score (nSPS) is 14.7. The summed E-state index contributed by atoms with van der Waals surface area (Å²) in [5.41, 5.74) is 4.79. The lowest BCUT2D eigenvalue weighted by Crippen LogP contribution is -2.31. The first-order valence-electron chi connectivity index (χ1n) is 7.85. The van der Waals surface area contributed by atoms with Crippen molar-refractivity contribution in [3.05, 3.63) is 62.5 Å². The van der Waals surface area contributed by atoms with Crippen molar-refractivity contribution >= 4 is 27.2 Å². The molecule has 0 N–H and O–H groups in total. The number of halogens is 1. The van der Waals surface area contributed by atoms with E-state index in [1.165, 1.54) is 21.4 Å². The van der Waals surface area contributed by atoms with Gasteiger partial charge in [0.15, 0.2) is 0 Å². The fourth-order valence-electron chi connectivity index (χ4n) is 2.83. The van der Waals surface area contributed by atoms with Gasteiger partial charge in [-0.3, -0.25) is 4.79 Å². The molecule has 4 nitrogen and oxygen atoms in total. The van der Waals surface area contributed by atoms with Gasteiger partial charge in [0.05, 0.1) is 11.9 Å². The zero-order chi connectivity index (χ0) is 16.4. The van der Waals surface area contributed by atoms with E-state index < -0.39 is 0 Å². The minimum Gasteiger partial charge on any atom is -0.365 e. The third-order valence-corrected chi connectivity index (χ3v) is 5.09. The molecule has 2 heterocycles. The van der Waals surface area contributed by atoms with Crippen LogP contribution in [0.2, 0.25) is 0 Å². The van der Waals surface area contributed by atoms with E-state index in [1.54, 1.807) is 13.2 Å². The van der Waals surface area contributed by atoms with Gasteiger partial charge in [0, 0.05) is 20.1 Å². The van der Waals surface area contributed by atoms with Crippen LogP contribution in [-0.2, 0) is 13.5 Å². The number of anilines is 1. The van der Waals surface area contributed by atoms with Gasteiger partial charge < -0.3 is 4.90 Å². The summed E-state index contributed by atoms with van der Waals surface area (Å²) in [4.78, 5) is 14.2. The Bertz CT molecular complexity index is 793. The largest absolute Gasteiger partial charge is 0.365 e. The average molecular weight is 374 g/mol. The maximum absolute atomic E-state index is 12.0. The molecule has 0 saturated heterocycles. The van der Waals surface area contributed by atoms with Crippen molar-refractivity contribution in [3.8, 4) is 0 Å². The number of aromatic nitrogens is 2. The monoisotopic (exact) mass is 373 g/mol. The Hall–Kier alpha value is -1.88. The van der Waals surface area contributed by atoms with E-state index in [9.17, 15) is 4.79 Å². The molecular weight excluding hydrogens is 354 g/mol. The van der Waals surface area contributed by atoms with Crippen molar-refractivity contribution in [2.24, 2.45) is 7.05 Å². The highest BCUT2D eigenvalue weighted by molar-refractivity contribution is 9.10. The molecule has 0 spiro atoms. The number of nitrogens with zero attached hydrogens (tertiary/aromatic N) is 3. The van der Waals surface area contributed by atoms with Crippen LogP contribution < -0.4 is 10.5 Å². The quantitative estimate of drug-likeness (QED) is 0.827. The van der Waals surface area contributed by atoms with Crippen LogP contribution in [0.15, 0.2) is 45.8 Å². The van der Waals surface area contributed by atoms with E-state index >= 15 is 0 Å². The number of rotatable bonds is 3. The molecule has 0 saturated carbocycles. The summed E-state index contributed by atoms with van der Waals surface area (Å²) in [5.74, 6) is 0. The van der Waals surface area contributed by atoms with Gasteiger partial charge in [-0.25, -0.2) is 4.68 Å². The van der Waals surface area contributed by atoms with Crippen LogP contribution in [0.5, 0.6) is 0 Å². The SMILES string of the molecule is CCc1ccc(C2=CCN(c3cnn(C)c(=O)c3Br)CC2)cc1. The van der Waals surface area contributed by atoms with Crippen LogP contribution in [0.25, 0.3) is 5.57 Å². The van der Waals surface area contributed by atoms with Gasteiger partial charge in [0.25, 0.3) is 5.56 Å². The molecule has 0 bridgehead atoms. The van der Waals surface area contributed by atoms with Gasteiger partial charge in [-0.15, -0.1) is 0 Å². The van der Waals surface area contributed by atoms with Crippen molar-refractivity contribution in [2.75, 3.05) is 18.0 Å². The Kier molecular flexibility index (Phi) is 4.66. The molecule has 0 atom stereocenters. The molecule has 1 aliphatic rings. The lowest BCUT2D eigenvalue weighted by Gasteiger charge is -2.29. The number of aryl methyl sites for hydroxylation is 2. The fraction of sp³-hybridized carbons (Fsp3) is 0.333. The van der Waals surface area contributed by atoms with Crippen LogP contribution in [0.4, 0.5) is 5.69 Å². The van der Waals surface area contributed by atoms with Crippen molar-refractivity contribution in [1.82, 2.24) is 9.78 Å². The molecule has 0 unspecified atom stereocenters. The van der Waals surface area contributed by atoms with E-state index in [1.807, 2.05) is 0 Å². The molecule has 120 valence electrons. The van der Waals surface area contributed by atoms with E-state index in [0.717, 1.165) is 31.6 Å². The van der Waals surface area contributed by atoms with Crippen LogP contribution in [0.1, 0.15) is 24.5 Å². The molecule has 5 heteroatoms. The summed E-state index contributed by atoms with van der Waals surface area (Å²) in [6, 6.07) is 8.81. The third kappa shape index (κ3) is 3.24. The zero-order valence-corrected chi connectivity index (χ0v) is 15.0. The first-order chi connectivity index (χ1) is 11.1. The molecular formula is C18H20BrN3O. The first-order valence-corrected chi connectivity index (χ1v) is 8.64. The Morgan fingerprint density at radius 2 is 2.00 bits per heavy atom. The second-order valence-corrected chi connectivity index (χ2v) is 6.54. The van der Waals surface area contributed by atoms with Gasteiger partial charge in [-0.2, -0.15) is 5.10 Å². The van der Waals surface area contributed by atoms with E-state index in [0.29, 0.717) is 4.47 Å². The van der Waals surface area contributed by atoms with E-state index in [-0.39, 0.29) is 5.56 Å². The standard InChI is InChI=1S/C18H20BrN3O/c1-3-13-4-6-14(7-5-13)15-8-10-22(11-9-15)16-12-20-21(2)18(23)17(16)19/h4-8,12H,3,9-11H2,1-2H3. The molecule has 2 aromatic rings. The van der Waals surface area contributed by atoms with Crippen LogP contribution >= 0.6 is 15.9 Å². The predicted molar refractivity (Wildman–Crippen MR) is 97.8 cm³/mol. The fourth-order valence-corrected chi connectivity index (χ4v) is 3.44. The zero-order valence-electron chi connectivity index (χ0n) is 13.4. The number of hydrogen-bond donors (Lipinski definition) is 0. The smallest absolute Gasteiger partial charge is 0.282 e.